The standard InChI is InChI=1S/C26H31ClN2O2S/c1-4-19-26(23-14-11-15-24(27)21-23,28(2)20-18-22-12-7-5-8-13-22)29(3)32(30,31)25-16-9-6-10-17-25/h5-17,21H,4,18-20H2,1-3H3/t26-/m0/s1. The van der Waals surface area contributed by atoms with Crippen molar-refractivity contribution in [3.63, 3.8) is 0 Å². The fourth-order valence-electron chi connectivity index (χ4n) is 4.30. The summed E-state index contributed by atoms with van der Waals surface area (Å²) in [4.78, 5) is 2.43. The Labute approximate surface area is 197 Å². The molecule has 0 fully saturated rings. The quantitative estimate of drug-likeness (QED) is 0.352. The van der Waals surface area contributed by atoms with Gasteiger partial charge in [-0.1, -0.05) is 85.6 Å². The van der Waals surface area contributed by atoms with E-state index in [2.05, 4.69) is 24.0 Å². The zero-order valence-electron chi connectivity index (χ0n) is 18.9. The summed E-state index contributed by atoms with van der Waals surface area (Å²) in [6.45, 7) is 2.76. The molecule has 0 radical (unpaired) electrons. The Morgan fingerprint density at radius 1 is 0.875 bits per heavy atom. The van der Waals surface area contributed by atoms with Crippen molar-refractivity contribution in [3.8, 4) is 0 Å². The molecule has 0 bridgehead atoms. The number of nitrogens with zero attached hydrogens (tertiary/aromatic N) is 2. The van der Waals surface area contributed by atoms with Gasteiger partial charge in [0.15, 0.2) is 0 Å². The van der Waals surface area contributed by atoms with Crippen LogP contribution in [0.15, 0.2) is 89.8 Å². The summed E-state index contributed by atoms with van der Waals surface area (Å²) in [7, 11) is -0.0842. The van der Waals surface area contributed by atoms with E-state index in [4.69, 9.17) is 11.6 Å². The Morgan fingerprint density at radius 2 is 1.50 bits per heavy atom. The van der Waals surface area contributed by atoms with Crippen LogP contribution in [0, 0.1) is 0 Å². The van der Waals surface area contributed by atoms with Crippen molar-refractivity contribution in [2.75, 3.05) is 20.6 Å². The highest BCUT2D eigenvalue weighted by Crippen LogP contribution is 2.40. The maximum atomic E-state index is 13.8. The number of benzene rings is 3. The van der Waals surface area contributed by atoms with Gasteiger partial charge >= 0.3 is 0 Å². The number of hydrogen-bond acceptors (Lipinski definition) is 3. The average Bonchev–Trinajstić information content (AvgIpc) is 2.81. The molecule has 3 aromatic rings. The zero-order chi connectivity index (χ0) is 23.2. The molecule has 0 unspecified atom stereocenters. The van der Waals surface area contributed by atoms with Gasteiger partial charge < -0.3 is 0 Å². The van der Waals surface area contributed by atoms with Crippen LogP contribution in [-0.4, -0.2) is 38.3 Å². The Morgan fingerprint density at radius 3 is 2.09 bits per heavy atom. The van der Waals surface area contributed by atoms with E-state index in [9.17, 15) is 8.42 Å². The van der Waals surface area contributed by atoms with Crippen LogP contribution in [0.3, 0.4) is 0 Å². The van der Waals surface area contributed by atoms with Crippen LogP contribution in [-0.2, 0) is 22.1 Å². The SMILES string of the molecule is CCC[C@](c1cccc(Cl)c1)(N(C)CCc1ccccc1)N(C)S(=O)(=O)c1ccccc1. The minimum Gasteiger partial charge on any atom is -0.283 e. The largest absolute Gasteiger partial charge is 0.283 e. The van der Waals surface area contributed by atoms with Gasteiger partial charge in [0.25, 0.3) is 0 Å². The molecule has 0 aliphatic heterocycles. The maximum absolute atomic E-state index is 13.8. The Balaban J connectivity index is 2.10. The predicted molar refractivity (Wildman–Crippen MR) is 132 cm³/mol. The summed E-state index contributed by atoms with van der Waals surface area (Å²) in [6.07, 6.45) is 2.24. The van der Waals surface area contributed by atoms with Crippen molar-refractivity contribution in [1.82, 2.24) is 9.21 Å². The van der Waals surface area contributed by atoms with Crippen LogP contribution < -0.4 is 0 Å². The van der Waals surface area contributed by atoms with Gasteiger partial charge in [0.05, 0.1) is 4.90 Å². The van der Waals surface area contributed by atoms with E-state index in [1.165, 1.54) is 9.87 Å². The number of halogens is 1. The normalized spacial score (nSPS) is 13.9. The first-order valence-corrected chi connectivity index (χ1v) is 12.7. The Hall–Kier alpha value is -2.18. The molecule has 170 valence electrons. The second-order valence-corrected chi connectivity index (χ2v) is 10.4. The fourth-order valence-corrected chi connectivity index (χ4v) is 6.04. The van der Waals surface area contributed by atoms with Crippen molar-refractivity contribution < 1.29 is 8.42 Å². The first kappa shape index (κ1) is 24.5. The number of rotatable bonds is 10. The summed E-state index contributed by atoms with van der Waals surface area (Å²) in [6, 6.07) is 26.4. The molecule has 0 aliphatic rings. The van der Waals surface area contributed by atoms with Crippen LogP contribution in [0.4, 0.5) is 0 Å². The predicted octanol–water partition coefficient (Wildman–Crippen LogP) is 5.79. The lowest BCUT2D eigenvalue weighted by Gasteiger charge is -2.48. The minimum atomic E-state index is -3.76. The van der Waals surface area contributed by atoms with Crippen LogP contribution in [0.5, 0.6) is 0 Å². The molecule has 6 heteroatoms. The van der Waals surface area contributed by atoms with E-state index in [0.29, 0.717) is 18.0 Å². The first-order valence-electron chi connectivity index (χ1n) is 10.9. The van der Waals surface area contributed by atoms with Gasteiger partial charge in [-0.05, 0) is 55.3 Å². The zero-order valence-corrected chi connectivity index (χ0v) is 20.5. The van der Waals surface area contributed by atoms with Gasteiger partial charge in [0.2, 0.25) is 10.0 Å². The van der Waals surface area contributed by atoms with Gasteiger partial charge in [-0.25, -0.2) is 8.42 Å². The minimum absolute atomic E-state index is 0.279. The second-order valence-electron chi connectivity index (χ2n) is 8.02. The monoisotopic (exact) mass is 470 g/mol. The topological polar surface area (TPSA) is 40.6 Å². The summed E-state index contributed by atoms with van der Waals surface area (Å²) < 4.78 is 29.0. The molecule has 0 aliphatic carbocycles. The molecule has 0 amide bonds. The lowest BCUT2D eigenvalue weighted by atomic mass is 9.92. The van der Waals surface area contributed by atoms with Crippen molar-refractivity contribution in [3.05, 3.63) is 101 Å². The van der Waals surface area contributed by atoms with E-state index in [1.807, 2.05) is 55.6 Å². The highest BCUT2D eigenvalue weighted by atomic mass is 35.5. The second kappa shape index (κ2) is 10.6. The molecule has 0 saturated heterocycles. The molecule has 4 nitrogen and oxygen atoms in total. The number of likely N-dealkylation sites (N-methyl/N-ethyl adjacent to an activating group) is 1. The van der Waals surface area contributed by atoms with Gasteiger partial charge in [-0.3, -0.25) is 4.90 Å². The fraction of sp³-hybridized carbons (Fsp3) is 0.308. The van der Waals surface area contributed by atoms with Gasteiger partial charge in [0.1, 0.15) is 5.66 Å². The Bertz CT molecular complexity index is 1110. The molecule has 0 N–H and O–H groups in total. The van der Waals surface area contributed by atoms with Crippen LogP contribution >= 0.6 is 11.6 Å². The van der Waals surface area contributed by atoms with Gasteiger partial charge in [0, 0.05) is 18.6 Å². The van der Waals surface area contributed by atoms with Crippen molar-refractivity contribution in [1.29, 1.82) is 0 Å². The third-order valence-electron chi connectivity index (χ3n) is 6.02. The van der Waals surface area contributed by atoms with E-state index >= 15 is 0 Å². The third kappa shape index (κ3) is 5.07. The smallest absolute Gasteiger partial charge is 0.244 e. The van der Waals surface area contributed by atoms with E-state index in [1.54, 1.807) is 31.3 Å². The molecule has 1 atom stereocenters. The van der Waals surface area contributed by atoms with E-state index < -0.39 is 15.7 Å². The van der Waals surface area contributed by atoms with Crippen LogP contribution in [0.25, 0.3) is 0 Å². The summed E-state index contributed by atoms with van der Waals surface area (Å²) in [5.41, 5.74) is 1.19. The molecule has 3 aromatic carbocycles. The number of sulfonamides is 1. The van der Waals surface area contributed by atoms with E-state index in [0.717, 1.165) is 18.4 Å². The van der Waals surface area contributed by atoms with Crippen molar-refractivity contribution >= 4 is 21.6 Å². The lowest BCUT2D eigenvalue weighted by molar-refractivity contribution is 0.00891. The lowest BCUT2D eigenvalue weighted by Crippen LogP contribution is -2.57. The maximum Gasteiger partial charge on any atom is 0.244 e. The molecule has 0 spiro atoms. The first-order chi connectivity index (χ1) is 15.3. The van der Waals surface area contributed by atoms with Gasteiger partial charge in [-0.2, -0.15) is 4.31 Å². The molecular weight excluding hydrogens is 440 g/mol. The van der Waals surface area contributed by atoms with Crippen molar-refractivity contribution in [2.24, 2.45) is 0 Å². The molecule has 32 heavy (non-hydrogen) atoms. The molecule has 0 saturated carbocycles. The summed E-state index contributed by atoms with van der Waals surface area (Å²) in [5, 5.41) is 0.588. The molecule has 0 aromatic heterocycles. The van der Waals surface area contributed by atoms with E-state index in [-0.39, 0.29) is 4.90 Å². The van der Waals surface area contributed by atoms with Gasteiger partial charge in [-0.15, -0.1) is 0 Å². The third-order valence-corrected chi connectivity index (χ3v) is 8.14. The Kier molecular flexibility index (Phi) is 8.12. The highest BCUT2D eigenvalue weighted by Gasteiger charge is 2.45. The van der Waals surface area contributed by atoms with Crippen LogP contribution in [0.1, 0.15) is 30.9 Å². The van der Waals surface area contributed by atoms with Crippen LogP contribution in [0.2, 0.25) is 5.02 Å². The molecule has 3 rings (SSSR count). The molecule has 0 heterocycles. The highest BCUT2D eigenvalue weighted by molar-refractivity contribution is 7.89. The summed E-state index contributed by atoms with van der Waals surface area (Å²) >= 11 is 6.38. The molecular formula is C26H31ClN2O2S. The van der Waals surface area contributed by atoms with Crippen molar-refractivity contribution in [2.45, 2.75) is 36.7 Å². The number of hydrogen-bond donors (Lipinski definition) is 0. The average molecular weight is 471 g/mol. The summed E-state index contributed by atoms with van der Waals surface area (Å²) in [5.74, 6) is 0.